The molecule has 1 N–H and O–H groups in total. The van der Waals surface area contributed by atoms with E-state index in [1.807, 2.05) is 12.1 Å². The summed E-state index contributed by atoms with van der Waals surface area (Å²) in [5, 5.41) is 3.39. The van der Waals surface area contributed by atoms with Crippen molar-refractivity contribution in [2.24, 2.45) is 5.41 Å². The van der Waals surface area contributed by atoms with Gasteiger partial charge in [0.15, 0.2) is 0 Å². The normalized spacial score (nSPS) is 18.6. The summed E-state index contributed by atoms with van der Waals surface area (Å²) in [7, 11) is 0. The van der Waals surface area contributed by atoms with E-state index in [2.05, 4.69) is 44.8 Å². The fourth-order valence-electron chi connectivity index (χ4n) is 2.60. The number of nitrogens with zero attached hydrogens (tertiary/aromatic N) is 1. The highest BCUT2D eigenvalue weighted by Crippen LogP contribution is 2.33. The van der Waals surface area contributed by atoms with Gasteiger partial charge in [0.2, 0.25) is 0 Å². The number of hydrogen-bond acceptors (Lipinski definition) is 2. The summed E-state index contributed by atoms with van der Waals surface area (Å²) in [6, 6.07) is 5.62. The third kappa shape index (κ3) is 3.95. The molecule has 1 fully saturated rings. The lowest BCUT2D eigenvalue weighted by molar-refractivity contribution is 0.418. The number of nitrogens with one attached hydrogen (secondary N) is 1. The molecule has 1 heterocycles. The molecule has 0 spiro atoms. The third-order valence-electron chi connectivity index (χ3n) is 3.85. The Hall–Kier alpha value is -1.09. The van der Waals surface area contributed by atoms with Crippen molar-refractivity contribution in [3.63, 3.8) is 0 Å². The van der Waals surface area contributed by atoms with Crippen molar-refractivity contribution in [1.82, 2.24) is 5.32 Å². The first-order valence-corrected chi connectivity index (χ1v) is 7.45. The van der Waals surface area contributed by atoms with Crippen LogP contribution in [0.25, 0.3) is 0 Å². The molecule has 1 saturated heterocycles. The lowest BCUT2D eigenvalue weighted by Crippen LogP contribution is -2.35. The van der Waals surface area contributed by atoms with Crippen LogP contribution in [-0.4, -0.2) is 18.6 Å². The van der Waals surface area contributed by atoms with Gasteiger partial charge in [-0.05, 0) is 50.3 Å². The van der Waals surface area contributed by atoms with E-state index in [0.29, 0.717) is 12.0 Å². The summed E-state index contributed by atoms with van der Waals surface area (Å²) in [5.41, 5.74) is 2.09. The fraction of sp³-hybridized carbons (Fsp3) is 0.647. The van der Waals surface area contributed by atoms with Gasteiger partial charge in [-0.3, -0.25) is 0 Å². The zero-order chi connectivity index (χ0) is 15.0. The van der Waals surface area contributed by atoms with Crippen LogP contribution in [0.5, 0.6) is 0 Å². The molecule has 2 nitrogen and oxygen atoms in total. The summed E-state index contributed by atoms with van der Waals surface area (Å²) in [6.07, 6.45) is 1.12. The van der Waals surface area contributed by atoms with Gasteiger partial charge in [0, 0.05) is 25.2 Å². The quantitative estimate of drug-likeness (QED) is 0.900. The molecule has 0 aromatic heterocycles. The largest absolute Gasteiger partial charge is 0.369 e. The maximum Gasteiger partial charge on any atom is 0.146 e. The molecule has 0 bridgehead atoms. The van der Waals surface area contributed by atoms with Gasteiger partial charge >= 0.3 is 0 Å². The van der Waals surface area contributed by atoms with Crippen LogP contribution in [-0.2, 0) is 6.54 Å². The topological polar surface area (TPSA) is 15.3 Å². The van der Waals surface area contributed by atoms with Crippen LogP contribution in [0.15, 0.2) is 18.2 Å². The van der Waals surface area contributed by atoms with Crippen molar-refractivity contribution < 1.29 is 4.39 Å². The van der Waals surface area contributed by atoms with E-state index in [-0.39, 0.29) is 11.4 Å². The molecular formula is C17H27FN2. The van der Waals surface area contributed by atoms with Crippen molar-refractivity contribution in [3.8, 4) is 0 Å². The van der Waals surface area contributed by atoms with E-state index in [9.17, 15) is 4.39 Å². The fourth-order valence-corrected chi connectivity index (χ4v) is 2.60. The molecule has 1 aliphatic heterocycles. The summed E-state index contributed by atoms with van der Waals surface area (Å²) in [6.45, 7) is 13.4. The zero-order valence-corrected chi connectivity index (χ0v) is 13.4. The van der Waals surface area contributed by atoms with Crippen molar-refractivity contribution in [1.29, 1.82) is 0 Å². The predicted molar refractivity (Wildman–Crippen MR) is 83.6 cm³/mol. The molecule has 0 saturated carbocycles. The Morgan fingerprint density at radius 2 is 2.00 bits per heavy atom. The van der Waals surface area contributed by atoms with E-state index in [1.54, 1.807) is 6.07 Å². The standard InChI is InChI=1S/C17H27FN2/c1-16(2,3)19-11-13-6-7-15(14(18)10-13)20-9-8-17(4,5)12-20/h6-7,10,19H,8-9,11-12H2,1-5H3. The number of rotatable bonds is 3. The predicted octanol–water partition coefficient (Wildman–Crippen LogP) is 3.95. The molecule has 0 aliphatic carbocycles. The van der Waals surface area contributed by atoms with Gasteiger partial charge in [-0.15, -0.1) is 0 Å². The Balaban J connectivity index is 2.07. The summed E-state index contributed by atoms with van der Waals surface area (Å²) < 4.78 is 14.3. The van der Waals surface area contributed by atoms with Gasteiger partial charge in [0.25, 0.3) is 0 Å². The Morgan fingerprint density at radius 1 is 1.30 bits per heavy atom. The van der Waals surface area contributed by atoms with Crippen LogP contribution >= 0.6 is 0 Å². The highest BCUT2D eigenvalue weighted by molar-refractivity contribution is 5.50. The third-order valence-corrected chi connectivity index (χ3v) is 3.85. The maximum absolute atomic E-state index is 14.3. The van der Waals surface area contributed by atoms with Crippen molar-refractivity contribution >= 4 is 5.69 Å². The van der Waals surface area contributed by atoms with E-state index >= 15 is 0 Å². The summed E-state index contributed by atoms with van der Waals surface area (Å²) in [4.78, 5) is 2.16. The van der Waals surface area contributed by atoms with Crippen LogP contribution in [0.2, 0.25) is 0 Å². The number of benzene rings is 1. The van der Waals surface area contributed by atoms with Gasteiger partial charge in [-0.25, -0.2) is 4.39 Å². The molecule has 20 heavy (non-hydrogen) atoms. The molecular weight excluding hydrogens is 251 g/mol. The maximum atomic E-state index is 14.3. The van der Waals surface area contributed by atoms with Crippen molar-refractivity contribution in [2.75, 3.05) is 18.0 Å². The molecule has 0 radical (unpaired) electrons. The molecule has 1 aromatic rings. The molecule has 0 atom stereocenters. The Labute approximate surface area is 122 Å². The first-order chi connectivity index (χ1) is 9.16. The zero-order valence-electron chi connectivity index (χ0n) is 13.4. The van der Waals surface area contributed by atoms with Gasteiger partial charge in [-0.1, -0.05) is 19.9 Å². The summed E-state index contributed by atoms with van der Waals surface area (Å²) in [5.74, 6) is -0.101. The van der Waals surface area contributed by atoms with Crippen molar-refractivity contribution in [2.45, 2.75) is 53.1 Å². The molecule has 3 heteroatoms. The second-order valence-corrected chi connectivity index (χ2v) is 7.73. The average Bonchev–Trinajstić information content (AvgIpc) is 2.66. The van der Waals surface area contributed by atoms with Crippen LogP contribution in [0.4, 0.5) is 10.1 Å². The van der Waals surface area contributed by atoms with E-state index in [1.165, 1.54) is 0 Å². The number of hydrogen-bond donors (Lipinski definition) is 1. The molecule has 1 aromatic carbocycles. The summed E-state index contributed by atoms with van der Waals surface area (Å²) >= 11 is 0. The van der Waals surface area contributed by atoms with Crippen molar-refractivity contribution in [3.05, 3.63) is 29.6 Å². The Bertz CT molecular complexity index is 474. The number of halogens is 1. The van der Waals surface area contributed by atoms with E-state index in [4.69, 9.17) is 0 Å². The molecule has 1 aliphatic rings. The molecule has 112 valence electrons. The molecule has 2 rings (SSSR count). The van der Waals surface area contributed by atoms with E-state index in [0.717, 1.165) is 30.8 Å². The van der Waals surface area contributed by atoms with Gasteiger partial charge in [-0.2, -0.15) is 0 Å². The monoisotopic (exact) mass is 278 g/mol. The average molecular weight is 278 g/mol. The van der Waals surface area contributed by atoms with Crippen LogP contribution < -0.4 is 10.2 Å². The first-order valence-electron chi connectivity index (χ1n) is 7.45. The highest BCUT2D eigenvalue weighted by atomic mass is 19.1. The van der Waals surface area contributed by atoms with E-state index < -0.39 is 0 Å². The SMILES string of the molecule is CC1(C)CCN(c2ccc(CNC(C)(C)C)cc2F)C1. The van der Waals surface area contributed by atoms with Gasteiger partial charge in [0.1, 0.15) is 5.82 Å². The lowest BCUT2D eigenvalue weighted by Gasteiger charge is -2.23. The molecule has 0 unspecified atom stereocenters. The smallest absolute Gasteiger partial charge is 0.146 e. The second kappa shape index (κ2) is 5.36. The first kappa shape index (κ1) is 15.3. The minimum absolute atomic E-state index is 0.0497. The lowest BCUT2D eigenvalue weighted by atomic mass is 9.93. The van der Waals surface area contributed by atoms with Gasteiger partial charge < -0.3 is 10.2 Å². The van der Waals surface area contributed by atoms with Crippen LogP contribution in [0.1, 0.15) is 46.6 Å². The number of anilines is 1. The van der Waals surface area contributed by atoms with Gasteiger partial charge in [0.05, 0.1) is 5.69 Å². The second-order valence-electron chi connectivity index (χ2n) is 7.73. The van der Waals surface area contributed by atoms with Crippen LogP contribution in [0.3, 0.4) is 0 Å². The molecule has 0 amide bonds. The Morgan fingerprint density at radius 3 is 2.50 bits per heavy atom. The van der Waals surface area contributed by atoms with Crippen LogP contribution in [0, 0.1) is 11.2 Å². The highest BCUT2D eigenvalue weighted by Gasteiger charge is 2.30. The Kier molecular flexibility index (Phi) is 4.10. The minimum atomic E-state index is -0.101. The minimum Gasteiger partial charge on any atom is -0.369 e.